The summed E-state index contributed by atoms with van der Waals surface area (Å²) >= 11 is 0. The maximum absolute atomic E-state index is 10.4. The van der Waals surface area contributed by atoms with Crippen LogP contribution in [0.4, 0.5) is 0 Å². The van der Waals surface area contributed by atoms with E-state index >= 15 is 0 Å². The Morgan fingerprint density at radius 1 is 1.00 bits per heavy atom. The average Bonchev–Trinajstić information content (AvgIpc) is 1.98. The molecule has 0 aliphatic heterocycles. The molecule has 0 radical (unpaired) electrons. The summed E-state index contributed by atoms with van der Waals surface area (Å²) in [6, 6.07) is 0. The molecule has 0 aliphatic carbocycles. The first-order valence-corrected chi connectivity index (χ1v) is 3.81. The molecule has 0 aromatic heterocycles. The SMILES string of the molecule is CC(C)(C=CC(N)=O)C=CC(N)=O. The summed E-state index contributed by atoms with van der Waals surface area (Å²) in [5, 5.41) is 0. The molecule has 4 nitrogen and oxygen atoms in total. The lowest BCUT2D eigenvalue weighted by molar-refractivity contribution is -0.114. The van der Waals surface area contributed by atoms with Crippen LogP contribution in [0.5, 0.6) is 0 Å². The third-order valence-electron chi connectivity index (χ3n) is 1.35. The zero-order chi connectivity index (χ0) is 10.5. The van der Waals surface area contributed by atoms with Crippen molar-refractivity contribution >= 4 is 11.8 Å². The Labute approximate surface area is 77.3 Å². The molecule has 4 N–H and O–H groups in total. The van der Waals surface area contributed by atoms with Crippen molar-refractivity contribution in [2.45, 2.75) is 13.8 Å². The number of allylic oxidation sites excluding steroid dienone is 2. The molecular weight excluding hydrogens is 168 g/mol. The Balaban J connectivity index is 4.40. The van der Waals surface area contributed by atoms with Crippen LogP contribution in [0.2, 0.25) is 0 Å². The number of hydrogen-bond acceptors (Lipinski definition) is 2. The van der Waals surface area contributed by atoms with Gasteiger partial charge in [-0.2, -0.15) is 0 Å². The Hall–Kier alpha value is -1.58. The van der Waals surface area contributed by atoms with Gasteiger partial charge in [-0.25, -0.2) is 0 Å². The average molecular weight is 182 g/mol. The van der Waals surface area contributed by atoms with Gasteiger partial charge < -0.3 is 11.5 Å². The molecule has 0 aliphatic rings. The van der Waals surface area contributed by atoms with Crippen molar-refractivity contribution in [1.82, 2.24) is 0 Å². The fourth-order valence-corrected chi connectivity index (χ4v) is 0.649. The Morgan fingerprint density at radius 2 is 1.31 bits per heavy atom. The highest BCUT2D eigenvalue weighted by atomic mass is 16.1. The fourth-order valence-electron chi connectivity index (χ4n) is 0.649. The molecule has 0 heterocycles. The lowest BCUT2D eigenvalue weighted by Crippen LogP contribution is -2.11. The summed E-state index contributed by atoms with van der Waals surface area (Å²) in [6.07, 6.45) is 5.72. The molecule has 0 saturated carbocycles. The highest BCUT2D eigenvalue weighted by molar-refractivity contribution is 5.86. The van der Waals surface area contributed by atoms with E-state index < -0.39 is 17.2 Å². The molecule has 4 heteroatoms. The number of amides is 2. The van der Waals surface area contributed by atoms with Crippen LogP contribution >= 0.6 is 0 Å². The molecule has 72 valence electrons. The molecule has 13 heavy (non-hydrogen) atoms. The number of nitrogens with two attached hydrogens (primary N) is 2. The first-order valence-electron chi connectivity index (χ1n) is 3.81. The third-order valence-corrected chi connectivity index (χ3v) is 1.35. The van der Waals surface area contributed by atoms with Crippen LogP contribution in [0.15, 0.2) is 24.3 Å². The smallest absolute Gasteiger partial charge is 0.241 e. The van der Waals surface area contributed by atoms with Gasteiger partial charge in [0, 0.05) is 5.41 Å². The van der Waals surface area contributed by atoms with Crippen molar-refractivity contribution in [2.24, 2.45) is 16.9 Å². The minimum Gasteiger partial charge on any atom is -0.366 e. The predicted octanol–water partition coefficient (Wildman–Crippen LogP) is 0.0956. The van der Waals surface area contributed by atoms with Gasteiger partial charge in [0.1, 0.15) is 0 Å². The second kappa shape index (κ2) is 4.45. The lowest BCUT2D eigenvalue weighted by Gasteiger charge is -2.13. The summed E-state index contributed by atoms with van der Waals surface area (Å²) in [7, 11) is 0. The molecule has 2 amide bonds. The predicted molar refractivity (Wildman–Crippen MR) is 50.4 cm³/mol. The quantitative estimate of drug-likeness (QED) is 0.604. The molecular formula is C9H14N2O2. The maximum atomic E-state index is 10.4. The second-order valence-corrected chi connectivity index (χ2v) is 3.29. The lowest BCUT2D eigenvalue weighted by atomic mass is 9.92. The largest absolute Gasteiger partial charge is 0.366 e. The van der Waals surface area contributed by atoms with Crippen molar-refractivity contribution in [1.29, 1.82) is 0 Å². The zero-order valence-electron chi connectivity index (χ0n) is 7.78. The molecule has 0 saturated heterocycles. The van der Waals surface area contributed by atoms with Gasteiger partial charge in [-0.05, 0) is 12.2 Å². The monoisotopic (exact) mass is 182 g/mol. The van der Waals surface area contributed by atoms with E-state index in [-0.39, 0.29) is 0 Å². The number of carbonyl (C=O) groups excluding carboxylic acids is 2. The highest BCUT2D eigenvalue weighted by Gasteiger charge is 2.09. The molecule has 0 rings (SSSR count). The summed E-state index contributed by atoms with van der Waals surface area (Å²) in [5.41, 5.74) is 9.43. The van der Waals surface area contributed by atoms with Crippen molar-refractivity contribution in [3.63, 3.8) is 0 Å². The minimum absolute atomic E-state index is 0.399. The summed E-state index contributed by atoms with van der Waals surface area (Å²) in [6.45, 7) is 3.65. The van der Waals surface area contributed by atoms with Gasteiger partial charge in [0.2, 0.25) is 11.8 Å². The topological polar surface area (TPSA) is 86.2 Å². The highest BCUT2D eigenvalue weighted by Crippen LogP contribution is 2.18. The molecule has 0 unspecified atom stereocenters. The minimum atomic E-state index is -0.513. The van der Waals surface area contributed by atoms with Crippen LogP contribution in [0.1, 0.15) is 13.8 Å². The van der Waals surface area contributed by atoms with Gasteiger partial charge in [0.15, 0.2) is 0 Å². The Kier molecular flexibility index (Phi) is 3.91. The van der Waals surface area contributed by atoms with Gasteiger partial charge >= 0.3 is 0 Å². The second-order valence-electron chi connectivity index (χ2n) is 3.29. The fraction of sp³-hybridized carbons (Fsp3) is 0.333. The van der Waals surface area contributed by atoms with E-state index in [9.17, 15) is 9.59 Å². The van der Waals surface area contributed by atoms with Crippen molar-refractivity contribution in [3.05, 3.63) is 24.3 Å². The molecule has 0 aromatic rings. The zero-order valence-corrected chi connectivity index (χ0v) is 7.78. The van der Waals surface area contributed by atoms with E-state index in [0.29, 0.717) is 0 Å². The van der Waals surface area contributed by atoms with E-state index in [1.807, 2.05) is 13.8 Å². The van der Waals surface area contributed by atoms with Crippen LogP contribution in [0.25, 0.3) is 0 Å². The Bertz CT molecular complexity index is 239. The van der Waals surface area contributed by atoms with Crippen LogP contribution < -0.4 is 11.5 Å². The van der Waals surface area contributed by atoms with E-state index in [2.05, 4.69) is 0 Å². The Morgan fingerprint density at radius 3 is 1.54 bits per heavy atom. The van der Waals surface area contributed by atoms with Gasteiger partial charge in [-0.15, -0.1) is 0 Å². The summed E-state index contributed by atoms with van der Waals surface area (Å²) < 4.78 is 0. The molecule has 0 atom stereocenters. The normalized spacial score (nSPS) is 12.5. The molecule has 0 fully saturated rings. The first kappa shape index (κ1) is 11.4. The van der Waals surface area contributed by atoms with Gasteiger partial charge in [-0.3, -0.25) is 9.59 Å². The van der Waals surface area contributed by atoms with Gasteiger partial charge in [0.25, 0.3) is 0 Å². The maximum Gasteiger partial charge on any atom is 0.241 e. The summed E-state index contributed by atoms with van der Waals surface area (Å²) in [5.74, 6) is -1.03. The van der Waals surface area contributed by atoms with Crippen LogP contribution in [0.3, 0.4) is 0 Å². The van der Waals surface area contributed by atoms with Crippen LogP contribution in [0, 0.1) is 5.41 Å². The van der Waals surface area contributed by atoms with E-state index in [4.69, 9.17) is 11.5 Å². The summed E-state index contributed by atoms with van der Waals surface area (Å²) in [4.78, 5) is 20.8. The van der Waals surface area contributed by atoms with Gasteiger partial charge in [-0.1, -0.05) is 26.0 Å². The van der Waals surface area contributed by atoms with Crippen molar-refractivity contribution in [2.75, 3.05) is 0 Å². The van der Waals surface area contributed by atoms with E-state index in [1.165, 1.54) is 12.2 Å². The van der Waals surface area contributed by atoms with Crippen molar-refractivity contribution < 1.29 is 9.59 Å². The number of primary amides is 2. The molecule has 0 aromatic carbocycles. The number of hydrogen-bond donors (Lipinski definition) is 2. The molecule has 0 spiro atoms. The van der Waals surface area contributed by atoms with Crippen LogP contribution in [-0.4, -0.2) is 11.8 Å². The van der Waals surface area contributed by atoms with Gasteiger partial charge in [0.05, 0.1) is 0 Å². The van der Waals surface area contributed by atoms with E-state index in [1.54, 1.807) is 12.2 Å². The number of rotatable bonds is 4. The first-order chi connectivity index (χ1) is 5.83. The van der Waals surface area contributed by atoms with Crippen LogP contribution in [-0.2, 0) is 9.59 Å². The standard InChI is InChI=1S/C9H14N2O2/c1-9(2,5-3-7(10)12)6-4-8(11)13/h3-6H,1-2H3,(H2,10,12)(H2,11,13). The third kappa shape index (κ3) is 6.80. The molecule has 0 bridgehead atoms. The van der Waals surface area contributed by atoms with Crippen molar-refractivity contribution in [3.8, 4) is 0 Å². The van der Waals surface area contributed by atoms with E-state index in [0.717, 1.165) is 0 Å². The number of carbonyl (C=O) groups is 2.